The maximum absolute atomic E-state index is 12.7. The molecule has 4 rings (SSSR count). The number of aromatic nitrogens is 1. The number of aryl methyl sites for hydroxylation is 1. The van der Waals surface area contributed by atoms with Crippen LogP contribution >= 0.6 is 0 Å². The minimum atomic E-state index is -0.312. The Morgan fingerprint density at radius 3 is 2.30 bits per heavy atom. The number of likely N-dealkylation sites (tertiary alicyclic amines) is 1. The Morgan fingerprint density at radius 1 is 1.03 bits per heavy atom. The Kier molecular flexibility index (Phi) is 9.09. The van der Waals surface area contributed by atoms with E-state index in [-0.39, 0.29) is 18.6 Å². The van der Waals surface area contributed by atoms with Crippen LogP contribution in [0.2, 0.25) is 0 Å². The number of amides is 1. The molecule has 0 radical (unpaired) electrons. The predicted octanol–water partition coefficient (Wildman–Crippen LogP) is 5.00. The van der Waals surface area contributed by atoms with Crippen molar-refractivity contribution in [3.05, 3.63) is 100 Å². The highest BCUT2D eigenvalue weighted by Gasteiger charge is 2.17. The first kappa shape index (κ1) is 26.6. The quantitative estimate of drug-likeness (QED) is 0.434. The summed E-state index contributed by atoms with van der Waals surface area (Å²) in [6.07, 6.45) is 5.58. The van der Waals surface area contributed by atoms with Crippen molar-refractivity contribution in [1.29, 1.82) is 0 Å². The van der Waals surface area contributed by atoms with E-state index in [0.717, 1.165) is 31.5 Å². The molecule has 1 saturated heterocycles. The van der Waals surface area contributed by atoms with Crippen LogP contribution in [0.25, 0.3) is 5.57 Å². The van der Waals surface area contributed by atoms with E-state index in [0.29, 0.717) is 24.3 Å². The van der Waals surface area contributed by atoms with E-state index in [1.807, 2.05) is 6.92 Å². The Hall–Kier alpha value is -3.48. The number of carbonyl (C=O) groups excluding carboxylic acids is 1. The number of benzene rings is 2. The van der Waals surface area contributed by atoms with Gasteiger partial charge in [-0.15, -0.1) is 0 Å². The fourth-order valence-electron chi connectivity index (χ4n) is 4.56. The zero-order valence-electron chi connectivity index (χ0n) is 22.0. The second-order valence-corrected chi connectivity index (χ2v) is 9.77. The first-order valence-electron chi connectivity index (χ1n) is 13.0. The van der Waals surface area contributed by atoms with Crippen molar-refractivity contribution in [2.45, 2.75) is 45.8 Å². The summed E-state index contributed by atoms with van der Waals surface area (Å²) in [5, 5.41) is 12.3. The van der Waals surface area contributed by atoms with Gasteiger partial charge in [0.25, 0.3) is 5.91 Å². The third kappa shape index (κ3) is 7.06. The molecule has 1 atom stereocenters. The van der Waals surface area contributed by atoms with Crippen molar-refractivity contribution in [3.63, 3.8) is 0 Å². The SMILES string of the molecule is CCC(CO)Oc1cncc(C(=O)NCc2ccc(C(=C3CCN(C)CC3)c3ccc(C)cc3)cc2)c1. The van der Waals surface area contributed by atoms with Gasteiger partial charge in [0.05, 0.1) is 18.4 Å². The Morgan fingerprint density at radius 2 is 1.68 bits per heavy atom. The maximum Gasteiger partial charge on any atom is 0.253 e. The lowest BCUT2D eigenvalue weighted by atomic mass is 9.88. The Labute approximate surface area is 220 Å². The minimum Gasteiger partial charge on any atom is -0.486 e. The monoisotopic (exact) mass is 499 g/mol. The van der Waals surface area contributed by atoms with E-state index in [4.69, 9.17) is 4.74 Å². The largest absolute Gasteiger partial charge is 0.486 e. The third-order valence-electron chi connectivity index (χ3n) is 6.92. The Bertz CT molecular complexity index is 1210. The first-order valence-corrected chi connectivity index (χ1v) is 13.0. The average molecular weight is 500 g/mol. The molecular formula is C31H37N3O3. The summed E-state index contributed by atoms with van der Waals surface area (Å²) in [4.78, 5) is 19.3. The van der Waals surface area contributed by atoms with Crippen LogP contribution in [-0.4, -0.2) is 53.7 Å². The highest BCUT2D eigenvalue weighted by Crippen LogP contribution is 2.32. The molecule has 0 bridgehead atoms. The van der Waals surface area contributed by atoms with E-state index in [9.17, 15) is 9.90 Å². The smallest absolute Gasteiger partial charge is 0.253 e. The number of hydrogen-bond acceptors (Lipinski definition) is 5. The molecule has 6 nitrogen and oxygen atoms in total. The zero-order valence-corrected chi connectivity index (χ0v) is 22.0. The molecule has 2 N–H and O–H groups in total. The summed E-state index contributed by atoms with van der Waals surface area (Å²) in [5.74, 6) is 0.261. The number of rotatable bonds is 9. The molecule has 1 amide bonds. The first-order chi connectivity index (χ1) is 18.0. The second kappa shape index (κ2) is 12.7. The normalized spacial score (nSPS) is 14.8. The van der Waals surface area contributed by atoms with Crippen LogP contribution in [-0.2, 0) is 6.54 Å². The topological polar surface area (TPSA) is 74.7 Å². The number of aliphatic hydroxyl groups excluding tert-OH is 1. The third-order valence-corrected chi connectivity index (χ3v) is 6.92. The average Bonchev–Trinajstić information content (AvgIpc) is 2.93. The van der Waals surface area contributed by atoms with Crippen LogP contribution in [0.5, 0.6) is 5.75 Å². The summed E-state index contributed by atoms with van der Waals surface area (Å²) < 4.78 is 5.70. The van der Waals surface area contributed by atoms with Gasteiger partial charge in [-0.05, 0) is 61.6 Å². The molecule has 37 heavy (non-hydrogen) atoms. The molecule has 2 heterocycles. The lowest BCUT2D eigenvalue weighted by Crippen LogP contribution is -2.27. The number of aliphatic hydroxyl groups is 1. The van der Waals surface area contributed by atoms with Gasteiger partial charge in [0.15, 0.2) is 0 Å². The van der Waals surface area contributed by atoms with Crippen LogP contribution in [0.4, 0.5) is 0 Å². The van der Waals surface area contributed by atoms with Crippen molar-refractivity contribution >= 4 is 11.5 Å². The lowest BCUT2D eigenvalue weighted by molar-refractivity contribution is 0.0947. The lowest BCUT2D eigenvalue weighted by Gasteiger charge is -2.27. The number of pyridine rings is 1. The van der Waals surface area contributed by atoms with Crippen LogP contribution in [0, 0.1) is 6.92 Å². The Balaban J connectivity index is 1.46. The molecular weight excluding hydrogens is 462 g/mol. The summed E-state index contributed by atoms with van der Waals surface area (Å²) in [6, 6.07) is 19.0. The van der Waals surface area contributed by atoms with Crippen molar-refractivity contribution in [3.8, 4) is 5.75 Å². The van der Waals surface area contributed by atoms with Gasteiger partial charge in [0.1, 0.15) is 11.9 Å². The molecule has 0 spiro atoms. The van der Waals surface area contributed by atoms with E-state index < -0.39 is 0 Å². The van der Waals surface area contributed by atoms with Gasteiger partial charge in [-0.2, -0.15) is 0 Å². The molecule has 0 saturated carbocycles. The number of ether oxygens (including phenoxy) is 1. The van der Waals surface area contributed by atoms with E-state index in [1.165, 1.54) is 34.0 Å². The maximum atomic E-state index is 12.7. The summed E-state index contributed by atoms with van der Waals surface area (Å²) >= 11 is 0. The molecule has 2 aromatic carbocycles. The predicted molar refractivity (Wildman–Crippen MR) is 148 cm³/mol. The highest BCUT2D eigenvalue weighted by atomic mass is 16.5. The van der Waals surface area contributed by atoms with Crippen LogP contribution in [0.3, 0.4) is 0 Å². The summed E-state index contributed by atoms with van der Waals surface area (Å²) in [5.41, 5.74) is 8.02. The number of piperidine rings is 1. The molecule has 1 aliphatic heterocycles. The van der Waals surface area contributed by atoms with Crippen LogP contribution < -0.4 is 10.1 Å². The molecule has 1 aromatic heterocycles. The van der Waals surface area contributed by atoms with Gasteiger partial charge in [0, 0.05) is 25.8 Å². The molecule has 0 aliphatic carbocycles. The molecule has 3 aromatic rings. The van der Waals surface area contributed by atoms with Gasteiger partial charge in [-0.1, -0.05) is 66.6 Å². The minimum absolute atomic E-state index is 0.0811. The zero-order chi connectivity index (χ0) is 26.2. The second-order valence-electron chi connectivity index (χ2n) is 9.77. The van der Waals surface area contributed by atoms with Crippen LogP contribution in [0.1, 0.15) is 58.8 Å². The molecule has 1 aliphatic rings. The van der Waals surface area contributed by atoms with Crippen molar-refractivity contribution in [2.24, 2.45) is 0 Å². The van der Waals surface area contributed by atoms with Gasteiger partial charge in [-0.3, -0.25) is 9.78 Å². The van der Waals surface area contributed by atoms with E-state index >= 15 is 0 Å². The summed E-state index contributed by atoms with van der Waals surface area (Å²) in [6.45, 7) is 6.54. The van der Waals surface area contributed by atoms with Gasteiger partial charge in [0.2, 0.25) is 0 Å². The summed E-state index contributed by atoms with van der Waals surface area (Å²) in [7, 11) is 2.18. The van der Waals surface area contributed by atoms with Gasteiger partial charge in [-0.25, -0.2) is 0 Å². The molecule has 6 heteroatoms. The van der Waals surface area contributed by atoms with Crippen molar-refractivity contribution in [1.82, 2.24) is 15.2 Å². The highest BCUT2D eigenvalue weighted by molar-refractivity contribution is 5.94. The van der Waals surface area contributed by atoms with Crippen molar-refractivity contribution < 1.29 is 14.6 Å². The molecule has 194 valence electrons. The van der Waals surface area contributed by atoms with Crippen molar-refractivity contribution in [2.75, 3.05) is 26.7 Å². The van der Waals surface area contributed by atoms with Gasteiger partial charge < -0.3 is 20.1 Å². The number of hydrogen-bond donors (Lipinski definition) is 2. The van der Waals surface area contributed by atoms with E-state index in [2.05, 4.69) is 77.7 Å². The van der Waals surface area contributed by atoms with Crippen LogP contribution in [0.15, 0.2) is 72.6 Å². The number of carbonyl (C=O) groups is 1. The van der Waals surface area contributed by atoms with E-state index in [1.54, 1.807) is 12.3 Å². The standard InChI is InChI=1S/C31H37N3O3/c1-4-28(21-35)37-29-17-27(19-32-20-29)31(36)33-18-23-7-11-25(12-8-23)30(24-9-5-22(2)6-10-24)26-13-15-34(3)16-14-26/h5-12,17,19-20,28,35H,4,13-16,18,21H2,1-3H3,(H,33,36). The molecule has 1 fully saturated rings. The number of nitrogens with one attached hydrogen (secondary N) is 1. The fraction of sp³-hybridized carbons (Fsp3) is 0.355. The fourth-order valence-corrected chi connectivity index (χ4v) is 4.56. The van der Waals surface area contributed by atoms with Gasteiger partial charge >= 0.3 is 0 Å². The number of nitrogens with zero attached hydrogens (tertiary/aromatic N) is 2. The molecule has 1 unspecified atom stereocenters.